The van der Waals surface area contributed by atoms with Crippen molar-refractivity contribution < 1.29 is 51.0 Å². The van der Waals surface area contributed by atoms with Crippen LogP contribution in [0.5, 0.6) is 23.0 Å². The van der Waals surface area contributed by atoms with Gasteiger partial charge in [0.1, 0.15) is 0 Å². The molecule has 278 valence electrons. The zero-order valence-corrected chi connectivity index (χ0v) is 34.6. The van der Waals surface area contributed by atoms with Crippen LogP contribution in [0.3, 0.4) is 0 Å². The van der Waals surface area contributed by atoms with Gasteiger partial charge in [-0.25, -0.2) is 9.97 Å². The quantitative estimate of drug-likeness (QED) is 0.0949. The molecule has 0 fully saturated rings. The zero-order chi connectivity index (χ0) is 36.3. The van der Waals surface area contributed by atoms with Gasteiger partial charge in [0.15, 0.2) is 0 Å². The number of pyridine rings is 2. The first kappa shape index (κ1) is 39.7. The van der Waals surface area contributed by atoms with Crippen molar-refractivity contribution in [1.82, 2.24) is 24.5 Å². The first-order valence-corrected chi connectivity index (χ1v) is 17.9. The molecule has 0 amide bonds. The van der Waals surface area contributed by atoms with Gasteiger partial charge in [0, 0.05) is 47.8 Å². The summed E-state index contributed by atoms with van der Waals surface area (Å²) in [5, 5.41) is 1.90. The van der Waals surface area contributed by atoms with Gasteiger partial charge in [-0.2, -0.15) is 22.9 Å². The maximum absolute atomic E-state index is 6.37. The van der Waals surface area contributed by atoms with Crippen molar-refractivity contribution in [1.29, 1.82) is 0 Å². The fourth-order valence-electron chi connectivity index (χ4n) is 6.54. The Morgan fingerprint density at radius 1 is 0.527 bits per heavy atom. The van der Waals surface area contributed by atoms with Crippen molar-refractivity contribution in [2.75, 3.05) is 0 Å². The predicted molar refractivity (Wildman–Crippen MR) is 208 cm³/mol. The van der Waals surface area contributed by atoms with Crippen LogP contribution < -0.4 is 9.47 Å². The van der Waals surface area contributed by atoms with Crippen molar-refractivity contribution in [2.24, 2.45) is 11.8 Å². The van der Waals surface area contributed by atoms with Crippen LogP contribution in [0, 0.1) is 36.1 Å². The second-order valence-electron chi connectivity index (χ2n) is 13.9. The third-order valence-electron chi connectivity index (χ3n) is 8.75. The summed E-state index contributed by atoms with van der Waals surface area (Å²) in [6.07, 6.45) is 9.12. The van der Waals surface area contributed by atoms with Gasteiger partial charge < -0.3 is 24.0 Å². The van der Waals surface area contributed by atoms with Crippen molar-refractivity contribution in [3.05, 3.63) is 151 Å². The standard InChI is InChI=1S/C46H37N5O2.Pd.Pt/c1-30(2)22-32-16-20-47-42(24-32)34-8-5-10-36(26-34)52-38-12-14-40-41-15-13-39(29-45(41)51(44(40)28-38)46-49-18-7-19-50-46)53-37-11-6-9-35(27-37)43-25-33(17-21-48-43)23-31(3)4;;/h5-21,24-25,30-31H,22-23H2,1-4H3;;/q-4;2*+2. The summed E-state index contributed by atoms with van der Waals surface area (Å²) in [4.78, 5) is 18.4. The normalized spacial score (nSPS) is 11.1. The molecule has 0 aliphatic heterocycles. The molecule has 7 nitrogen and oxygen atoms in total. The average Bonchev–Trinajstić information content (AvgIpc) is 3.48. The van der Waals surface area contributed by atoms with E-state index in [0.717, 1.165) is 57.2 Å². The summed E-state index contributed by atoms with van der Waals surface area (Å²) < 4.78 is 14.7. The molecule has 0 radical (unpaired) electrons. The number of hydrogen-bond acceptors (Lipinski definition) is 6. The number of hydrogen-bond donors (Lipinski definition) is 0. The van der Waals surface area contributed by atoms with E-state index < -0.39 is 0 Å². The molecule has 0 aliphatic carbocycles. The fraction of sp³-hybridized carbons (Fsp3) is 0.174. The minimum Gasteiger partial charge on any atom is -0.503 e. The smallest absolute Gasteiger partial charge is 0.503 e. The monoisotopic (exact) mass is 992 g/mol. The van der Waals surface area contributed by atoms with Gasteiger partial charge in [-0.05, 0) is 54.3 Å². The van der Waals surface area contributed by atoms with Crippen LogP contribution in [0.1, 0.15) is 38.8 Å². The molecule has 9 heteroatoms. The maximum Gasteiger partial charge on any atom is 2.00 e. The molecule has 8 aromatic rings. The first-order valence-electron chi connectivity index (χ1n) is 17.9. The number of benzene rings is 4. The van der Waals surface area contributed by atoms with Gasteiger partial charge in [0.05, 0.1) is 0 Å². The van der Waals surface area contributed by atoms with Crippen LogP contribution in [-0.4, -0.2) is 24.5 Å². The van der Waals surface area contributed by atoms with Crippen LogP contribution in [-0.2, 0) is 54.3 Å². The van der Waals surface area contributed by atoms with Crippen molar-refractivity contribution in [3.8, 4) is 51.5 Å². The molecule has 0 bridgehead atoms. The summed E-state index contributed by atoms with van der Waals surface area (Å²) in [6.45, 7) is 8.86. The maximum atomic E-state index is 6.37. The number of fused-ring (bicyclic) bond motifs is 3. The summed E-state index contributed by atoms with van der Waals surface area (Å²) >= 11 is 0. The Morgan fingerprint density at radius 2 is 0.982 bits per heavy atom. The summed E-state index contributed by atoms with van der Waals surface area (Å²) in [5.41, 5.74) is 7.44. The zero-order valence-electron chi connectivity index (χ0n) is 30.7. The van der Waals surface area contributed by atoms with E-state index >= 15 is 0 Å². The SMILES string of the molecule is CC(C)Cc1ccnc(-c2[c-]c(Oc3[c-]c4c(cc3)c3ccc(Oc5[c-]c(-c6cc(CC(C)C)ccn6)ccc5)[c-]c3n4-c3ncccn3)ccc2)c1.[Pd+2].[Pt+2]. The van der Waals surface area contributed by atoms with Gasteiger partial charge in [-0.1, -0.05) is 74.1 Å². The van der Waals surface area contributed by atoms with E-state index in [1.165, 1.54) is 11.1 Å². The minimum atomic E-state index is 0. The molecule has 0 saturated carbocycles. The number of aromatic nitrogens is 5. The largest absolute Gasteiger partial charge is 2.00 e. The summed E-state index contributed by atoms with van der Waals surface area (Å²) in [6, 6.07) is 43.5. The summed E-state index contributed by atoms with van der Waals surface area (Å²) in [5.74, 6) is 3.78. The molecule has 4 aromatic heterocycles. The molecule has 4 aromatic carbocycles. The number of ether oxygens (including phenoxy) is 2. The molecule has 4 heterocycles. The molecule has 0 saturated heterocycles. The third-order valence-corrected chi connectivity index (χ3v) is 8.75. The Kier molecular flexibility index (Phi) is 12.7. The van der Waals surface area contributed by atoms with Gasteiger partial charge in [-0.15, -0.1) is 71.8 Å². The first-order chi connectivity index (χ1) is 25.9. The second kappa shape index (κ2) is 17.6. The van der Waals surface area contributed by atoms with Gasteiger partial charge >= 0.3 is 41.5 Å². The van der Waals surface area contributed by atoms with Gasteiger partial charge in [0.25, 0.3) is 0 Å². The van der Waals surface area contributed by atoms with Crippen LogP contribution in [0.25, 0.3) is 50.3 Å². The van der Waals surface area contributed by atoms with Gasteiger partial charge in [0.2, 0.25) is 5.95 Å². The average molecular weight is 993 g/mol. The topological polar surface area (TPSA) is 75.0 Å². The van der Waals surface area contributed by atoms with E-state index in [4.69, 9.17) is 9.47 Å². The van der Waals surface area contributed by atoms with Crippen molar-refractivity contribution >= 4 is 21.8 Å². The molecular weight excluding hydrogens is 956 g/mol. The molecule has 0 spiro atoms. The van der Waals surface area contributed by atoms with Crippen LogP contribution in [0.15, 0.2) is 116 Å². The van der Waals surface area contributed by atoms with Crippen molar-refractivity contribution in [3.63, 3.8) is 0 Å². The van der Waals surface area contributed by atoms with E-state index in [1.54, 1.807) is 18.5 Å². The summed E-state index contributed by atoms with van der Waals surface area (Å²) in [7, 11) is 0. The Hall–Kier alpha value is -4.99. The second-order valence-corrected chi connectivity index (χ2v) is 13.9. The fourth-order valence-corrected chi connectivity index (χ4v) is 6.54. The van der Waals surface area contributed by atoms with Crippen molar-refractivity contribution in [2.45, 2.75) is 40.5 Å². The van der Waals surface area contributed by atoms with Gasteiger partial charge in [-0.3, -0.25) is 0 Å². The Bertz CT molecular complexity index is 2400. The van der Waals surface area contributed by atoms with Crippen LogP contribution in [0.4, 0.5) is 0 Å². The Balaban J connectivity index is 0.00000257. The number of rotatable bonds is 11. The van der Waals surface area contributed by atoms with E-state index in [1.807, 2.05) is 77.6 Å². The van der Waals surface area contributed by atoms with Crippen LogP contribution >= 0.6 is 0 Å². The Morgan fingerprint density at radius 3 is 1.44 bits per heavy atom. The Labute approximate surface area is 350 Å². The molecule has 0 atom stereocenters. The number of nitrogens with zero attached hydrogens (tertiary/aromatic N) is 5. The molecule has 0 aliphatic rings. The van der Waals surface area contributed by atoms with E-state index in [-0.39, 0.29) is 41.5 Å². The van der Waals surface area contributed by atoms with E-state index in [2.05, 4.69) is 96.2 Å². The van der Waals surface area contributed by atoms with E-state index in [9.17, 15) is 0 Å². The van der Waals surface area contributed by atoms with E-state index in [0.29, 0.717) is 40.8 Å². The van der Waals surface area contributed by atoms with Crippen LogP contribution in [0.2, 0.25) is 0 Å². The minimum absolute atomic E-state index is 0. The molecule has 55 heavy (non-hydrogen) atoms. The predicted octanol–water partition coefficient (Wildman–Crippen LogP) is 10.9. The third kappa shape index (κ3) is 9.11. The molecule has 8 rings (SSSR count). The molecular formula is C46H37N5O2PdPt. The molecule has 0 unspecified atom stereocenters. The molecule has 0 N–H and O–H groups in total.